The Bertz CT molecular complexity index is 627. The highest BCUT2D eigenvalue weighted by Gasteiger charge is 2.19. The van der Waals surface area contributed by atoms with Gasteiger partial charge >= 0.3 is 0 Å². The van der Waals surface area contributed by atoms with Gasteiger partial charge in [0.25, 0.3) is 0 Å². The summed E-state index contributed by atoms with van der Waals surface area (Å²) >= 11 is 0. The number of rotatable bonds is 9. The van der Waals surface area contributed by atoms with Crippen molar-refractivity contribution in [3.05, 3.63) is 94.2 Å². The average molecular weight is 338 g/mol. The highest BCUT2D eigenvalue weighted by atomic mass is 16.6. The van der Waals surface area contributed by atoms with Gasteiger partial charge in [0.1, 0.15) is 0 Å². The average Bonchev–Trinajstić information content (AvgIpc) is 2.59. The lowest BCUT2D eigenvalue weighted by molar-refractivity contribution is -0.402. The van der Waals surface area contributed by atoms with Gasteiger partial charge in [-0.1, -0.05) is 74.5 Å². The van der Waals surface area contributed by atoms with Gasteiger partial charge in [0.05, 0.1) is 4.92 Å². The van der Waals surface area contributed by atoms with Gasteiger partial charge in [0.15, 0.2) is 0 Å². The molecule has 0 heterocycles. The molecule has 4 nitrogen and oxygen atoms in total. The van der Waals surface area contributed by atoms with Gasteiger partial charge in [-0.15, -0.1) is 0 Å². The Morgan fingerprint density at radius 1 is 0.960 bits per heavy atom. The van der Waals surface area contributed by atoms with Crippen LogP contribution >= 0.6 is 0 Å². The maximum Gasteiger partial charge on any atom is 0.232 e. The van der Waals surface area contributed by atoms with Crippen molar-refractivity contribution in [1.29, 1.82) is 0 Å². The van der Waals surface area contributed by atoms with E-state index in [-0.39, 0.29) is 11.0 Å². The lowest BCUT2D eigenvalue weighted by Crippen LogP contribution is -2.34. The largest absolute Gasteiger partial charge is 0.288 e. The van der Waals surface area contributed by atoms with Crippen molar-refractivity contribution >= 4 is 0 Å². The molecule has 132 valence electrons. The zero-order chi connectivity index (χ0) is 18.1. The van der Waals surface area contributed by atoms with Crippen LogP contribution in [0.25, 0.3) is 0 Å². The molecule has 0 radical (unpaired) electrons. The topological polar surface area (TPSA) is 46.4 Å². The van der Waals surface area contributed by atoms with Gasteiger partial charge in [-0.05, 0) is 23.5 Å². The molecule has 2 aromatic rings. The quantitative estimate of drug-likeness (QED) is 0.483. The molecule has 0 N–H and O–H groups in total. The third kappa shape index (κ3) is 6.89. The molecule has 0 amide bonds. The van der Waals surface area contributed by atoms with Crippen molar-refractivity contribution in [3.63, 3.8) is 0 Å². The smallest absolute Gasteiger partial charge is 0.232 e. The van der Waals surface area contributed by atoms with E-state index in [0.29, 0.717) is 5.92 Å². The first-order valence-corrected chi connectivity index (χ1v) is 8.68. The fourth-order valence-corrected chi connectivity index (χ4v) is 2.93. The standard InChI is InChI=1S/C21H26N2O2/c1-18(2)15-21(13-14-23(24)25)22(16-19-9-5-3-6-10-19)17-20-11-7-4-8-12-20/h3-14,18,21H,15-17H2,1-2H3/b14-13+/t21-/m1/s1. The van der Waals surface area contributed by atoms with Gasteiger partial charge < -0.3 is 0 Å². The molecule has 0 unspecified atom stereocenters. The number of hydrogen-bond acceptors (Lipinski definition) is 3. The Kier molecular flexibility index (Phi) is 7.36. The van der Waals surface area contributed by atoms with Crippen LogP contribution in [0.5, 0.6) is 0 Å². The van der Waals surface area contributed by atoms with Gasteiger partial charge in [-0.2, -0.15) is 0 Å². The van der Waals surface area contributed by atoms with Gasteiger partial charge in [-0.25, -0.2) is 0 Å². The fraction of sp³-hybridized carbons (Fsp3) is 0.333. The SMILES string of the molecule is CC(C)C[C@@H](/C=C/[N+](=O)[O-])N(Cc1ccccc1)Cc1ccccc1. The van der Waals surface area contributed by atoms with Gasteiger partial charge in [0, 0.05) is 25.2 Å². The first-order valence-electron chi connectivity index (χ1n) is 8.68. The molecule has 1 atom stereocenters. The summed E-state index contributed by atoms with van der Waals surface area (Å²) in [7, 11) is 0. The molecular weight excluding hydrogens is 312 g/mol. The fourth-order valence-electron chi connectivity index (χ4n) is 2.93. The summed E-state index contributed by atoms with van der Waals surface area (Å²) in [4.78, 5) is 12.8. The summed E-state index contributed by atoms with van der Waals surface area (Å²) in [5.41, 5.74) is 2.42. The van der Waals surface area contributed by atoms with Gasteiger partial charge in [0.2, 0.25) is 6.20 Å². The Labute approximate surface area is 149 Å². The van der Waals surface area contributed by atoms with Crippen LogP contribution in [0.1, 0.15) is 31.4 Å². The zero-order valence-corrected chi connectivity index (χ0v) is 14.9. The second-order valence-corrected chi connectivity index (χ2v) is 6.70. The molecule has 0 aromatic heterocycles. The molecule has 25 heavy (non-hydrogen) atoms. The zero-order valence-electron chi connectivity index (χ0n) is 14.9. The minimum Gasteiger partial charge on any atom is -0.288 e. The second-order valence-electron chi connectivity index (χ2n) is 6.70. The molecule has 0 aliphatic carbocycles. The van der Waals surface area contributed by atoms with Crippen molar-refractivity contribution in [3.8, 4) is 0 Å². The van der Waals surface area contributed by atoms with Crippen LogP contribution in [-0.2, 0) is 13.1 Å². The van der Waals surface area contributed by atoms with E-state index in [0.717, 1.165) is 25.7 Å². The molecule has 0 saturated carbocycles. The van der Waals surface area contributed by atoms with E-state index in [1.807, 2.05) is 36.4 Å². The van der Waals surface area contributed by atoms with E-state index in [2.05, 4.69) is 43.0 Å². The lowest BCUT2D eigenvalue weighted by Gasteiger charge is -2.30. The molecule has 0 spiro atoms. The van der Waals surface area contributed by atoms with Crippen LogP contribution in [0.4, 0.5) is 0 Å². The third-order valence-corrected chi connectivity index (χ3v) is 4.07. The Morgan fingerprint density at radius 3 is 1.84 bits per heavy atom. The number of nitro groups is 1. The van der Waals surface area contributed by atoms with E-state index in [1.54, 1.807) is 6.08 Å². The number of benzene rings is 2. The molecule has 4 heteroatoms. The van der Waals surface area contributed by atoms with E-state index < -0.39 is 0 Å². The van der Waals surface area contributed by atoms with E-state index in [4.69, 9.17) is 0 Å². The molecule has 0 fully saturated rings. The molecular formula is C21H26N2O2. The second kappa shape index (κ2) is 9.74. The molecule has 2 rings (SSSR count). The van der Waals surface area contributed by atoms with Crippen LogP contribution < -0.4 is 0 Å². The highest BCUT2D eigenvalue weighted by Crippen LogP contribution is 2.19. The molecule has 0 aliphatic heterocycles. The highest BCUT2D eigenvalue weighted by molar-refractivity contribution is 5.18. The van der Waals surface area contributed by atoms with Gasteiger partial charge in [-0.3, -0.25) is 15.0 Å². The normalized spacial score (nSPS) is 12.8. The maximum atomic E-state index is 10.8. The number of hydrogen-bond donors (Lipinski definition) is 0. The van der Waals surface area contributed by atoms with Crippen molar-refractivity contribution in [2.24, 2.45) is 5.92 Å². The Balaban J connectivity index is 2.26. The summed E-state index contributed by atoms with van der Waals surface area (Å²) in [6.07, 6.45) is 3.69. The number of nitrogens with zero attached hydrogens (tertiary/aromatic N) is 2. The molecule has 0 saturated heterocycles. The molecule has 0 aliphatic rings. The van der Waals surface area contributed by atoms with Crippen molar-refractivity contribution in [2.75, 3.05) is 0 Å². The third-order valence-electron chi connectivity index (χ3n) is 4.07. The predicted molar refractivity (Wildman–Crippen MR) is 102 cm³/mol. The van der Waals surface area contributed by atoms with Crippen LogP contribution in [0.15, 0.2) is 72.9 Å². The summed E-state index contributed by atoms with van der Waals surface area (Å²) in [6, 6.07) is 20.5. The van der Waals surface area contributed by atoms with E-state index in [1.165, 1.54) is 11.1 Å². The van der Waals surface area contributed by atoms with E-state index >= 15 is 0 Å². The Morgan fingerprint density at radius 2 is 1.44 bits per heavy atom. The lowest BCUT2D eigenvalue weighted by atomic mass is 10.0. The van der Waals surface area contributed by atoms with Crippen molar-refractivity contribution < 1.29 is 4.92 Å². The summed E-state index contributed by atoms with van der Waals surface area (Å²) in [5, 5.41) is 10.8. The molecule has 2 aromatic carbocycles. The van der Waals surface area contributed by atoms with Crippen molar-refractivity contribution in [1.82, 2.24) is 4.90 Å². The monoisotopic (exact) mass is 338 g/mol. The minimum atomic E-state index is -0.378. The summed E-state index contributed by atoms with van der Waals surface area (Å²) < 4.78 is 0. The van der Waals surface area contributed by atoms with Crippen LogP contribution in [-0.4, -0.2) is 15.9 Å². The van der Waals surface area contributed by atoms with Crippen molar-refractivity contribution in [2.45, 2.75) is 39.4 Å². The van der Waals surface area contributed by atoms with Crippen LogP contribution in [0.2, 0.25) is 0 Å². The Hall–Kier alpha value is -2.46. The molecule has 0 bridgehead atoms. The van der Waals surface area contributed by atoms with Crippen LogP contribution in [0.3, 0.4) is 0 Å². The maximum absolute atomic E-state index is 10.8. The van der Waals surface area contributed by atoms with E-state index in [9.17, 15) is 10.1 Å². The predicted octanol–water partition coefficient (Wildman–Crippen LogP) is 4.89. The summed E-state index contributed by atoms with van der Waals surface area (Å²) in [5.74, 6) is 0.454. The van der Waals surface area contributed by atoms with Crippen LogP contribution in [0, 0.1) is 16.0 Å². The minimum absolute atomic E-state index is 0.0193. The first-order chi connectivity index (χ1) is 12.0. The summed E-state index contributed by atoms with van der Waals surface area (Å²) in [6.45, 7) is 5.82. The first kappa shape index (κ1) is 18.9.